The summed E-state index contributed by atoms with van der Waals surface area (Å²) in [7, 11) is 2.16. The van der Waals surface area contributed by atoms with Crippen molar-refractivity contribution in [2.24, 2.45) is 18.9 Å². The van der Waals surface area contributed by atoms with Crippen molar-refractivity contribution >= 4 is 21.7 Å². The van der Waals surface area contributed by atoms with Gasteiger partial charge in [-0.15, -0.1) is 0 Å². The van der Waals surface area contributed by atoms with Crippen molar-refractivity contribution in [3.05, 3.63) is 65.5 Å². The lowest BCUT2D eigenvalue weighted by Crippen LogP contribution is -2.35. The van der Waals surface area contributed by atoms with E-state index in [4.69, 9.17) is 4.42 Å². The zero-order chi connectivity index (χ0) is 20.9. The monoisotopic (exact) mass is 386 g/mol. The third-order valence-electron chi connectivity index (χ3n) is 6.44. The maximum absolute atomic E-state index is 5.71. The minimum atomic E-state index is 0.568. The van der Waals surface area contributed by atoms with Crippen LogP contribution in [0.15, 0.2) is 53.1 Å². The van der Waals surface area contributed by atoms with Crippen molar-refractivity contribution < 1.29 is 8.98 Å². The van der Waals surface area contributed by atoms with E-state index in [0.29, 0.717) is 17.8 Å². The highest BCUT2D eigenvalue weighted by Gasteiger charge is 2.24. The normalized spacial score (nSPS) is 12.2. The van der Waals surface area contributed by atoms with Gasteiger partial charge in [-0.3, -0.25) is 0 Å². The molecule has 0 aliphatic heterocycles. The number of nitrogens with zero attached hydrogens (tertiary/aromatic N) is 1. The third-order valence-corrected chi connectivity index (χ3v) is 6.44. The molecule has 0 aliphatic carbocycles. The second-order valence-electron chi connectivity index (χ2n) is 9.18. The summed E-state index contributed by atoms with van der Waals surface area (Å²) >= 11 is 0. The summed E-state index contributed by atoms with van der Waals surface area (Å²) in [5.41, 5.74) is 7.41. The van der Waals surface area contributed by atoms with Crippen molar-refractivity contribution in [3.63, 3.8) is 0 Å². The molecule has 0 saturated carbocycles. The number of fused-ring (bicyclic) bond motifs is 2. The van der Waals surface area contributed by atoms with E-state index in [1.807, 2.05) is 6.07 Å². The molecule has 2 aromatic heterocycles. The minimum Gasteiger partial charge on any atom is -0.464 e. The van der Waals surface area contributed by atoms with Gasteiger partial charge in [0.2, 0.25) is 5.69 Å². The van der Waals surface area contributed by atoms with Crippen LogP contribution in [0.3, 0.4) is 0 Å². The molecular formula is C27H32NO+. The highest BCUT2D eigenvalue weighted by atomic mass is 16.3. The molecule has 0 fully saturated rings. The van der Waals surface area contributed by atoms with Gasteiger partial charge in [0.25, 0.3) is 0 Å². The molecule has 0 saturated heterocycles. The maximum Gasteiger partial charge on any atom is 0.220 e. The number of aromatic nitrogens is 1. The number of pyridine rings is 1. The molecule has 0 unspecified atom stereocenters. The van der Waals surface area contributed by atoms with Crippen LogP contribution < -0.4 is 4.57 Å². The summed E-state index contributed by atoms with van der Waals surface area (Å²) in [5.74, 6) is 1.81. The number of hydrogen-bond donors (Lipinski definition) is 0. The number of benzene rings is 2. The van der Waals surface area contributed by atoms with E-state index in [9.17, 15) is 0 Å². The van der Waals surface area contributed by atoms with Crippen molar-refractivity contribution in [2.75, 3.05) is 0 Å². The smallest absolute Gasteiger partial charge is 0.220 e. The van der Waals surface area contributed by atoms with Crippen molar-refractivity contribution in [2.45, 2.75) is 47.5 Å². The van der Waals surface area contributed by atoms with Gasteiger partial charge in [-0.05, 0) is 65.5 Å². The van der Waals surface area contributed by atoms with Crippen LogP contribution in [-0.2, 0) is 7.05 Å². The van der Waals surface area contributed by atoms with Gasteiger partial charge in [-0.1, -0.05) is 39.8 Å². The van der Waals surface area contributed by atoms with Gasteiger partial charge in [0, 0.05) is 18.4 Å². The van der Waals surface area contributed by atoms with Gasteiger partial charge in [0.15, 0.2) is 5.69 Å². The molecule has 2 nitrogen and oxygen atoms in total. The van der Waals surface area contributed by atoms with Crippen LogP contribution in [0.2, 0.25) is 0 Å². The van der Waals surface area contributed by atoms with Gasteiger partial charge in [0.05, 0.1) is 17.2 Å². The van der Waals surface area contributed by atoms with Crippen LogP contribution in [0.4, 0.5) is 0 Å². The molecule has 0 N–H and O–H groups in total. The van der Waals surface area contributed by atoms with E-state index >= 15 is 0 Å². The lowest BCUT2D eigenvalue weighted by atomic mass is 9.79. The lowest BCUT2D eigenvalue weighted by Gasteiger charge is -2.25. The Morgan fingerprint density at radius 1 is 0.828 bits per heavy atom. The summed E-state index contributed by atoms with van der Waals surface area (Å²) in [6.45, 7) is 13.7. The van der Waals surface area contributed by atoms with Gasteiger partial charge in [0.1, 0.15) is 12.6 Å². The molecule has 0 atom stereocenters. The molecule has 0 spiro atoms. The van der Waals surface area contributed by atoms with Crippen molar-refractivity contribution in [1.82, 2.24) is 0 Å². The topological polar surface area (TPSA) is 17.0 Å². The van der Waals surface area contributed by atoms with E-state index in [1.165, 1.54) is 38.9 Å². The number of rotatable bonds is 4. The zero-order valence-corrected chi connectivity index (χ0v) is 18.7. The summed E-state index contributed by atoms with van der Waals surface area (Å²) in [6, 6.07) is 15.8. The Bertz CT molecular complexity index is 1190. The van der Waals surface area contributed by atoms with Gasteiger partial charge < -0.3 is 4.42 Å². The van der Waals surface area contributed by atoms with Gasteiger partial charge in [-0.2, -0.15) is 4.57 Å². The summed E-state index contributed by atoms with van der Waals surface area (Å²) in [6.07, 6.45) is 1.77. The summed E-state index contributed by atoms with van der Waals surface area (Å²) in [4.78, 5) is 0. The minimum absolute atomic E-state index is 0.568. The molecule has 0 bridgehead atoms. The highest BCUT2D eigenvalue weighted by molar-refractivity contribution is 5.96. The van der Waals surface area contributed by atoms with Crippen LogP contribution >= 0.6 is 0 Å². The first-order valence-electron chi connectivity index (χ1n) is 10.7. The average molecular weight is 387 g/mol. The quantitative estimate of drug-likeness (QED) is 0.342. The van der Waals surface area contributed by atoms with E-state index in [-0.39, 0.29) is 0 Å². The average Bonchev–Trinajstić information content (AvgIpc) is 3.09. The molecular weight excluding hydrogens is 354 g/mol. The predicted molar refractivity (Wildman–Crippen MR) is 122 cm³/mol. The van der Waals surface area contributed by atoms with Crippen LogP contribution in [0.5, 0.6) is 0 Å². The Morgan fingerprint density at radius 3 is 2.24 bits per heavy atom. The van der Waals surface area contributed by atoms with Gasteiger partial charge >= 0.3 is 0 Å². The van der Waals surface area contributed by atoms with E-state index in [0.717, 1.165) is 11.0 Å². The third kappa shape index (κ3) is 3.35. The molecule has 0 aliphatic rings. The van der Waals surface area contributed by atoms with Crippen LogP contribution in [0.1, 0.15) is 50.4 Å². The largest absolute Gasteiger partial charge is 0.464 e. The fourth-order valence-corrected chi connectivity index (χ4v) is 5.05. The van der Waals surface area contributed by atoms with Crippen LogP contribution in [-0.4, -0.2) is 0 Å². The first kappa shape index (κ1) is 19.7. The second kappa shape index (κ2) is 7.33. The number of furan rings is 1. The number of hydrogen-bond acceptors (Lipinski definition) is 1. The fourth-order valence-electron chi connectivity index (χ4n) is 5.05. The molecule has 4 aromatic rings. The fraction of sp³-hybridized carbons (Fsp3) is 0.370. The van der Waals surface area contributed by atoms with Crippen molar-refractivity contribution in [3.8, 4) is 11.3 Å². The molecule has 2 aromatic carbocycles. The van der Waals surface area contributed by atoms with E-state index in [1.54, 1.807) is 6.26 Å². The Balaban J connectivity index is 1.98. The lowest BCUT2D eigenvalue weighted by molar-refractivity contribution is -0.665. The van der Waals surface area contributed by atoms with Crippen LogP contribution in [0.25, 0.3) is 33.0 Å². The first-order chi connectivity index (χ1) is 13.8. The zero-order valence-electron chi connectivity index (χ0n) is 18.7. The maximum atomic E-state index is 5.71. The Labute approximate surface area is 174 Å². The summed E-state index contributed by atoms with van der Waals surface area (Å²) in [5, 5.41) is 3.77. The first-order valence-corrected chi connectivity index (χ1v) is 10.7. The predicted octanol–water partition coefficient (Wildman–Crippen LogP) is 7.09. The molecule has 4 rings (SSSR count). The van der Waals surface area contributed by atoms with Gasteiger partial charge in [-0.25, -0.2) is 0 Å². The second-order valence-corrected chi connectivity index (χ2v) is 9.18. The molecule has 29 heavy (non-hydrogen) atoms. The van der Waals surface area contributed by atoms with E-state index in [2.05, 4.69) is 89.6 Å². The highest BCUT2D eigenvalue weighted by Crippen LogP contribution is 2.36. The Morgan fingerprint density at radius 2 is 1.55 bits per heavy atom. The van der Waals surface area contributed by atoms with Crippen LogP contribution in [0, 0.1) is 25.7 Å². The molecule has 2 heterocycles. The molecule has 150 valence electrons. The molecule has 2 heteroatoms. The standard InChI is InChI=1S/C27H32NO/c1-16(2)26(17(3)4)21-8-9-23-22(14-21)13-19(6)28(7)27(23)24-15-25-20(10-11-29-25)12-18(24)5/h8-17,26H,1-7H3/q+1. The SMILES string of the molecule is Cc1cc2ccoc2cc1-c1c2ccc(C(C(C)C)C(C)C)cc2cc(C)[n+]1C. The number of aryl methyl sites for hydroxylation is 2. The molecule has 0 amide bonds. The Hall–Kier alpha value is -2.61. The summed E-state index contributed by atoms with van der Waals surface area (Å²) < 4.78 is 8.02. The Kier molecular flexibility index (Phi) is 4.98. The van der Waals surface area contributed by atoms with Crippen molar-refractivity contribution in [1.29, 1.82) is 0 Å². The van der Waals surface area contributed by atoms with E-state index < -0.39 is 0 Å². The molecule has 0 radical (unpaired) electrons.